The van der Waals surface area contributed by atoms with Crippen molar-refractivity contribution in [3.8, 4) is 11.8 Å². The lowest BCUT2D eigenvalue weighted by Gasteiger charge is -2.41. The molecule has 1 saturated heterocycles. The molecule has 2 fully saturated rings. The van der Waals surface area contributed by atoms with Gasteiger partial charge >= 0.3 is 12.1 Å². The number of esters is 1. The maximum atomic E-state index is 12.9. The van der Waals surface area contributed by atoms with Gasteiger partial charge in [0.2, 0.25) is 5.91 Å². The molecule has 3 aliphatic rings. The molecule has 1 aliphatic heterocycles. The zero-order chi connectivity index (χ0) is 27.7. The molecule has 1 saturated carbocycles. The second-order valence-electron chi connectivity index (χ2n) is 12.0. The predicted molar refractivity (Wildman–Crippen MR) is 143 cm³/mol. The normalized spacial score (nSPS) is 25.1. The van der Waals surface area contributed by atoms with E-state index in [-0.39, 0.29) is 61.7 Å². The Morgan fingerprint density at radius 2 is 1.66 bits per heavy atom. The molecule has 3 rings (SSSR count). The van der Waals surface area contributed by atoms with Crippen LogP contribution in [-0.2, 0) is 23.9 Å². The number of piperazine rings is 1. The molecule has 9 nitrogen and oxygen atoms in total. The molecule has 1 N–H and O–H groups in total. The fraction of sp³-hybridized carbons (Fsp3) is 0.793. The molecule has 0 aromatic carbocycles. The summed E-state index contributed by atoms with van der Waals surface area (Å²) >= 11 is 0. The lowest BCUT2D eigenvalue weighted by atomic mass is 9.89. The number of hydrogen-bond acceptors (Lipinski definition) is 7. The molecule has 0 bridgehead atoms. The van der Waals surface area contributed by atoms with Gasteiger partial charge in [0.05, 0.1) is 19.2 Å². The molecule has 2 unspecified atom stereocenters. The van der Waals surface area contributed by atoms with Gasteiger partial charge in [-0.1, -0.05) is 27.7 Å². The number of nitrogens with zero attached hydrogens (tertiary/aromatic N) is 2. The minimum absolute atomic E-state index is 0.0847. The van der Waals surface area contributed by atoms with Gasteiger partial charge in [-0.15, -0.1) is 11.8 Å². The molecule has 0 aromatic rings. The van der Waals surface area contributed by atoms with Gasteiger partial charge in [-0.05, 0) is 36.0 Å². The number of Topliss-reactive ketones (excluding diaryl/α,β-unsaturated/α-hetero) is 1. The summed E-state index contributed by atoms with van der Waals surface area (Å²) in [4.78, 5) is 53.1. The minimum Gasteiger partial charge on any atom is -0.464 e. The van der Waals surface area contributed by atoms with Crippen LogP contribution in [-0.4, -0.2) is 85.5 Å². The van der Waals surface area contributed by atoms with E-state index in [0.29, 0.717) is 50.4 Å². The highest BCUT2D eigenvalue weighted by atomic mass is 16.5. The van der Waals surface area contributed by atoms with Gasteiger partial charge in [-0.2, -0.15) is 0 Å². The molecule has 38 heavy (non-hydrogen) atoms. The summed E-state index contributed by atoms with van der Waals surface area (Å²) in [6, 6.07) is -0.245. The minimum atomic E-state index is -0.486. The van der Waals surface area contributed by atoms with Crippen molar-refractivity contribution in [2.24, 2.45) is 23.2 Å². The first-order valence-corrected chi connectivity index (χ1v) is 14.1. The van der Waals surface area contributed by atoms with Gasteiger partial charge in [0.15, 0.2) is 0 Å². The summed E-state index contributed by atoms with van der Waals surface area (Å²) in [6.45, 7) is 10.2. The van der Waals surface area contributed by atoms with Gasteiger partial charge in [-0.25, -0.2) is 4.79 Å². The number of alkyl carbamates (subject to hydrolysis) is 1. The number of fused-ring (bicyclic) bond motifs is 1. The Kier molecular flexibility index (Phi) is 11.0. The van der Waals surface area contributed by atoms with Gasteiger partial charge in [0.1, 0.15) is 12.4 Å². The predicted octanol–water partition coefficient (Wildman–Crippen LogP) is 3.01. The molecule has 9 heteroatoms. The van der Waals surface area contributed by atoms with Crippen molar-refractivity contribution in [3.63, 3.8) is 0 Å². The first-order valence-electron chi connectivity index (χ1n) is 14.1. The molecule has 0 radical (unpaired) electrons. The quantitative estimate of drug-likeness (QED) is 0.323. The van der Waals surface area contributed by atoms with Crippen LogP contribution >= 0.6 is 0 Å². The van der Waals surface area contributed by atoms with E-state index < -0.39 is 6.09 Å². The fourth-order valence-corrected chi connectivity index (χ4v) is 5.59. The average molecular weight is 532 g/mol. The summed E-state index contributed by atoms with van der Waals surface area (Å²) in [5, 5.41) is 2.70. The molecule has 0 aromatic heterocycles. The third-order valence-electron chi connectivity index (χ3n) is 7.64. The Bertz CT molecular complexity index is 899. The Labute approximate surface area is 227 Å². The van der Waals surface area contributed by atoms with Crippen molar-refractivity contribution in [1.29, 1.82) is 0 Å². The van der Waals surface area contributed by atoms with E-state index >= 15 is 0 Å². The van der Waals surface area contributed by atoms with Crippen molar-refractivity contribution in [2.45, 2.75) is 78.7 Å². The van der Waals surface area contributed by atoms with Crippen LogP contribution in [0.25, 0.3) is 0 Å². The Balaban J connectivity index is 1.40. The zero-order valence-electron chi connectivity index (χ0n) is 23.6. The molecule has 2 amide bonds. The standard InChI is InChI=1S/C29H45N3O6/c1-5-27(35)37-19-21-17-32(15-14-31(21)18-22(33)16-29(2,3)4)26(34)12-13-30-28(36)38-20-25-23-10-8-6-7-9-11-24(23)25/h21,23-25H,5,8-20H2,1-4H3,(H,30,36)/t21?,23-,24+,25?. The molecule has 0 spiro atoms. The molecular formula is C29H45N3O6. The highest BCUT2D eigenvalue weighted by Gasteiger charge is 2.49. The van der Waals surface area contributed by atoms with Gasteiger partial charge < -0.3 is 19.7 Å². The van der Waals surface area contributed by atoms with Crippen LogP contribution in [0.2, 0.25) is 0 Å². The highest BCUT2D eigenvalue weighted by Crippen LogP contribution is 2.52. The zero-order valence-corrected chi connectivity index (χ0v) is 23.6. The maximum Gasteiger partial charge on any atom is 0.407 e. The number of amides is 2. The van der Waals surface area contributed by atoms with E-state index in [9.17, 15) is 19.2 Å². The largest absolute Gasteiger partial charge is 0.464 e. The summed E-state index contributed by atoms with van der Waals surface area (Å²) in [5.74, 6) is 7.78. The van der Waals surface area contributed by atoms with Crippen molar-refractivity contribution >= 4 is 23.8 Å². The van der Waals surface area contributed by atoms with Gasteiger partial charge in [0.25, 0.3) is 0 Å². The van der Waals surface area contributed by atoms with Crippen molar-refractivity contribution < 1.29 is 28.7 Å². The van der Waals surface area contributed by atoms with E-state index in [1.807, 2.05) is 25.7 Å². The van der Waals surface area contributed by atoms with Crippen molar-refractivity contribution in [3.05, 3.63) is 0 Å². The summed E-state index contributed by atoms with van der Waals surface area (Å²) in [6.07, 6.45) is 4.43. The number of ether oxygens (including phenoxy) is 2. The molecule has 1 heterocycles. The number of nitrogens with one attached hydrogen (secondary N) is 1. The molecule has 2 aliphatic carbocycles. The van der Waals surface area contributed by atoms with Crippen LogP contribution in [0.4, 0.5) is 4.79 Å². The monoisotopic (exact) mass is 531 g/mol. The van der Waals surface area contributed by atoms with Gasteiger partial charge in [0, 0.05) is 58.3 Å². The Morgan fingerprint density at radius 3 is 2.29 bits per heavy atom. The van der Waals surface area contributed by atoms with E-state index in [1.54, 1.807) is 11.8 Å². The number of ketones is 1. The van der Waals surface area contributed by atoms with Crippen LogP contribution in [0.5, 0.6) is 0 Å². The molecule has 212 valence electrons. The van der Waals surface area contributed by atoms with E-state index in [0.717, 1.165) is 25.7 Å². The number of hydrogen-bond donors (Lipinski definition) is 1. The topological polar surface area (TPSA) is 105 Å². The first-order chi connectivity index (χ1) is 18.1. The van der Waals surface area contributed by atoms with Crippen LogP contribution in [0.15, 0.2) is 0 Å². The van der Waals surface area contributed by atoms with Crippen molar-refractivity contribution in [1.82, 2.24) is 15.1 Å². The number of rotatable bonds is 11. The van der Waals surface area contributed by atoms with E-state index in [2.05, 4.69) is 17.2 Å². The fourth-order valence-electron chi connectivity index (χ4n) is 5.59. The van der Waals surface area contributed by atoms with Crippen LogP contribution in [0, 0.1) is 35.0 Å². The van der Waals surface area contributed by atoms with Crippen LogP contribution in [0.1, 0.15) is 72.6 Å². The average Bonchev–Trinajstić information content (AvgIpc) is 3.49. The smallest absolute Gasteiger partial charge is 0.407 e. The van der Waals surface area contributed by atoms with Crippen LogP contribution < -0.4 is 5.32 Å². The van der Waals surface area contributed by atoms with E-state index in [1.165, 1.54) is 0 Å². The summed E-state index contributed by atoms with van der Waals surface area (Å²) in [5.41, 5.74) is -0.0994. The third-order valence-corrected chi connectivity index (χ3v) is 7.64. The third kappa shape index (κ3) is 9.61. The molecule has 4 atom stereocenters. The summed E-state index contributed by atoms with van der Waals surface area (Å²) in [7, 11) is 0. The number of carbonyl (C=O) groups is 4. The Hall–Kier alpha value is -2.60. The summed E-state index contributed by atoms with van der Waals surface area (Å²) < 4.78 is 10.8. The van der Waals surface area contributed by atoms with Gasteiger partial charge in [-0.3, -0.25) is 19.3 Å². The first kappa shape index (κ1) is 29.9. The second-order valence-corrected chi connectivity index (χ2v) is 12.0. The lowest BCUT2D eigenvalue weighted by molar-refractivity contribution is -0.147. The van der Waals surface area contributed by atoms with E-state index in [4.69, 9.17) is 9.47 Å². The lowest BCUT2D eigenvalue weighted by Crippen LogP contribution is -2.57. The van der Waals surface area contributed by atoms with Crippen LogP contribution in [0.3, 0.4) is 0 Å². The number of carbonyl (C=O) groups excluding carboxylic acids is 4. The SMILES string of the molecule is CCC(=O)OCC1CN(C(=O)CCNC(=O)OCC2[C@H]3CCC#CCC[C@@H]23)CCN1CC(=O)CC(C)(C)C. The molecular weight excluding hydrogens is 486 g/mol. The second kappa shape index (κ2) is 14.0. The highest BCUT2D eigenvalue weighted by molar-refractivity contribution is 5.81. The maximum absolute atomic E-state index is 12.9. The Morgan fingerprint density at radius 1 is 0.974 bits per heavy atom. The van der Waals surface area contributed by atoms with Crippen molar-refractivity contribution in [2.75, 3.05) is 45.9 Å².